The predicted molar refractivity (Wildman–Crippen MR) is 82.2 cm³/mol. The van der Waals surface area contributed by atoms with Crippen molar-refractivity contribution in [3.8, 4) is 24.7 Å². The Kier molecular flexibility index (Phi) is 2.52. The average molecular weight is 260 g/mol. The Balaban J connectivity index is 1.81. The first-order valence-corrected chi connectivity index (χ1v) is 7.80. The molecule has 0 heterocycles. The van der Waals surface area contributed by atoms with E-state index in [1.54, 1.807) is 0 Å². The van der Waals surface area contributed by atoms with Gasteiger partial charge in [0.2, 0.25) is 0 Å². The fourth-order valence-electron chi connectivity index (χ4n) is 5.66. The van der Waals surface area contributed by atoms with E-state index in [1.165, 1.54) is 44.1 Å². The molecule has 0 atom stereocenters. The van der Waals surface area contributed by atoms with Crippen LogP contribution in [0.4, 0.5) is 0 Å². The second-order valence-corrected chi connectivity index (χ2v) is 7.25. The van der Waals surface area contributed by atoms with Gasteiger partial charge in [0, 0.05) is 11.1 Å². The summed E-state index contributed by atoms with van der Waals surface area (Å²) in [6.45, 7) is 0. The molecular weight excluding hydrogens is 240 g/mol. The first-order chi connectivity index (χ1) is 9.72. The van der Waals surface area contributed by atoms with Gasteiger partial charge in [0.15, 0.2) is 0 Å². The number of terminal acetylenes is 2. The molecule has 5 rings (SSSR count). The second kappa shape index (κ2) is 4.17. The van der Waals surface area contributed by atoms with Crippen LogP contribution in [-0.2, 0) is 5.41 Å². The molecule has 4 aliphatic carbocycles. The van der Waals surface area contributed by atoms with E-state index in [-0.39, 0.29) is 0 Å². The third-order valence-electron chi connectivity index (χ3n) is 5.95. The monoisotopic (exact) mass is 260 g/mol. The van der Waals surface area contributed by atoms with Gasteiger partial charge in [0.1, 0.15) is 0 Å². The highest BCUT2D eigenvalue weighted by Crippen LogP contribution is 2.61. The van der Waals surface area contributed by atoms with Crippen LogP contribution in [-0.4, -0.2) is 0 Å². The van der Waals surface area contributed by atoms with Gasteiger partial charge >= 0.3 is 0 Å². The predicted octanol–water partition coefficient (Wildman–Crippen LogP) is 4.12. The molecule has 1 aromatic carbocycles. The summed E-state index contributed by atoms with van der Waals surface area (Å²) in [6.07, 6.45) is 19.7. The van der Waals surface area contributed by atoms with E-state index < -0.39 is 0 Å². The minimum absolute atomic E-state index is 0.365. The molecule has 0 N–H and O–H groups in total. The van der Waals surface area contributed by atoms with Crippen LogP contribution in [0.2, 0.25) is 0 Å². The summed E-state index contributed by atoms with van der Waals surface area (Å²) >= 11 is 0. The van der Waals surface area contributed by atoms with E-state index in [4.69, 9.17) is 12.8 Å². The Labute approximate surface area is 122 Å². The van der Waals surface area contributed by atoms with Gasteiger partial charge in [-0.05, 0) is 79.4 Å². The molecule has 0 saturated heterocycles. The van der Waals surface area contributed by atoms with Gasteiger partial charge in [0.05, 0.1) is 0 Å². The lowest BCUT2D eigenvalue weighted by Crippen LogP contribution is -2.48. The third-order valence-corrected chi connectivity index (χ3v) is 5.95. The molecule has 0 spiro atoms. The molecule has 0 aliphatic heterocycles. The van der Waals surface area contributed by atoms with Gasteiger partial charge in [-0.2, -0.15) is 0 Å². The molecule has 20 heavy (non-hydrogen) atoms. The average Bonchev–Trinajstić information content (AvgIpc) is 2.45. The van der Waals surface area contributed by atoms with Gasteiger partial charge in [-0.3, -0.25) is 0 Å². The second-order valence-electron chi connectivity index (χ2n) is 7.25. The van der Waals surface area contributed by atoms with Gasteiger partial charge in [-0.25, -0.2) is 0 Å². The maximum Gasteiger partial charge on any atom is 0.0292 e. The van der Waals surface area contributed by atoms with Gasteiger partial charge in [-0.1, -0.05) is 17.9 Å². The quantitative estimate of drug-likeness (QED) is 0.666. The van der Waals surface area contributed by atoms with Crippen molar-refractivity contribution in [2.75, 3.05) is 0 Å². The SMILES string of the molecule is C#Cc1ccc(C23CC4CC(CC(C4)C2)C3)c(C#C)c1. The molecule has 4 bridgehead atoms. The van der Waals surface area contributed by atoms with Crippen molar-refractivity contribution in [2.24, 2.45) is 17.8 Å². The zero-order valence-corrected chi connectivity index (χ0v) is 11.9. The number of rotatable bonds is 1. The van der Waals surface area contributed by atoms with Crippen molar-refractivity contribution in [1.82, 2.24) is 0 Å². The lowest BCUT2D eigenvalue weighted by Gasteiger charge is -2.57. The molecule has 0 nitrogen and oxygen atoms in total. The van der Waals surface area contributed by atoms with Crippen LogP contribution < -0.4 is 0 Å². The molecule has 0 aromatic heterocycles. The highest BCUT2D eigenvalue weighted by molar-refractivity contribution is 5.50. The first-order valence-electron chi connectivity index (χ1n) is 7.80. The summed E-state index contributed by atoms with van der Waals surface area (Å²) in [4.78, 5) is 0. The fraction of sp³-hybridized carbons (Fsp3) is 0.500. The number of hydrogen-bond donors (Lipinski definition) is 0. The van der Waals surface area contributed by atoms with E-state index >= 15 is 0 Å². The Hall–Kier alpha value is -1.66. The van der Waals surface area contributed by atoms with Crippen LogP contribution in [0.1, 0.15) is 55.2 Å². The normalized spacial score (nSPS) is 37.4. The van der Waals surface area contributed by atoms with E-state index in [0.29, 0.717) is 5.41 Å². The topological polar surface area (TPSA) is 0 Å². The number of benzene rings is 1. The molecule has 0 unspecified atom stereocenters. The Morgan fingerprint density at radius 3 is 2.00 bits per heavy atom. The van der Waals surface area contributed by atoms with Crippen molar-refractivity contribution in [2.45, 2.75) is 43.9 Å². The lowest BCUT2D eigenvalue weighted by molar-refractivity contribution is -0.00529. The minimum Gasteiger partial charge on any atom is -0.115 e. The highest BCUT2D eigenvalue weighted by Gasteiger charge is 2.52. The first kappa shape index (κ1) is 12.1. The Morgan fingerprint density at radius 2 is 1.50 bits per heavy atom. The summed E-state index contributed by atoms with van der Waals surface area (Å²) in [7, 11) is 0. The van der Waals surface area contributed by atoms with Crippen LogP contribution in [0, 0.1) is 42.4 Å². The number of hydrogen-bond acceptors (Lipinski definition) is 0. The smallest absolute Gasteiger partial charge is 0.0292 e. The van der Waals surface area contributed by atoms with Crippen LogP contribution in [0.3, 0.4) is 0 Å². The largest absolute Gasteiger partial charge is 0.115 e. The molecule has 0 heteroatoms. The van der Waals surface area contributed by atoms with E-state index in [2.05, 4.69) is 24.0 Å². The lowest BCUT2D eigenvalue weighted by atomic mass is 9.47. The summed E-state index contributed by atoms with van der Waals surface area (Å²) in [6, 6.07) is 6.35. The highest BCUT2D eigenvalue weighted by atomic mass is 14.6. The molecule has 4 aliphatic rings. The van der Waals surface area contributed by atoms with E-state index in [0.717, 1.165) is 28.9 Å². The van der Waals surface area contributed by atoms with Gasteiger partial charge < -0.3 is 0 Å². The zero-order valence-electron chi connectivity index (χ0n) is 11.9. The standard InChI is InChI=1S/C20H20/c1-3-14-5-6-19(18(4-2)10-14)20-11-15-7-16(12-20)9-17(8-15)13-20/h1-2,5-6,10,15-17H,7-9,11-13H2. The van der Waals surface area contributed by atoms with Crippen molar-refractivity contribution in [3.05, 3.63) is 34.9 Å². The Bertz CT molecular complexity index is 600. The maximum absolute atomic E-state index is 5.77. The van der Waals surface area contributed by atoms with Crippen LogP contribution in [0.15, 0.2) is 18.2 Å². The fourth-order valence-corrected chi connectivity index (χ4v) is 5.66. The van der Waals surface area contributed by atoms with E-state index in [9.17, 15) is 0 Å². The molecule has 4 saturated carbocycles. The van der Waals surface area contributed by atoms with Crippen molar-refractivity contribution >= 4 is 0 Å². The summed E-state index contributed by atoms with van der Waals surface area (Å²) in [5.74, 6) is 8.44. The van der Waals surface area contributed by atoms with Crippen LogP contribution >= 0.6 is 0 Å². The minimum atomic E-state index is 0.365. The molecular formula is C20H20. The molecule has 0 amide bonds. The van der Waals surface area contributed by atoms with E-state index in [1.807, 2.05) is 6.07 Å². The van der Waals surface area contributed by atoms with Crippen LogP contribution in [0.25, 0.3) is 0 Å². The molecule has 4 fully saturated rings. The van der Waals surface area contributed by atoms with Gasteiger partial charge in [0.25, 0.3) is 0 Å². The Morgan fingerprint density at radius 1 is 0.900 bits per heavy atom. The van der Waals surface area contributed by atoms with Crippen LogP contribution in [0.5, 0.6) is 0 Å². The summed E-state index contributed by atoms with van der Waals surface area (Å²) in [5, 5.41) is 0. The summed E-state index contributed by atoms with van der Waals surface area (Å²) in [5.41, 5.74) is 3.73. The maximum atomic E-state index is 5.77. The molecule has 100 valence electrons. The molecule has 0 radical (unpaired) electrons. The van der Waals surface area contributed by atoms with Crippen molar-refractivity contribution in [1.29, 1.82) is 0 Å². The van der Waals surface area contributed by atoms with Gasteiger partial charge in [-0.15, -0.1) is 12.8 Å². The zero-order chi connectivity index (χ0) is 13.7. The third kappa shape index (κ3) is 1.65. The van der Waals surface area contributed by atoms with Crippen molar-refractivity contribution in [3.63, 3.8) is 0 Å². The summed E-state index contributed by atoms with van der Waals surface area (Å²) < 4.78 is 0. The molecule has 1 aromatic rings. The van der Waals surface area contributed by atoms with Crippen molar-refractivity contribution < 1.29 is 0 Å².